The minimum absolute atomic E-state index is 0.0709. The van der Waals surface area contributed by atoms with Crippen LogP contribution in [-0.4, -0.2) is 31.3 Å². The molecule has 20 heavy (non-hydrogen) atoms. The molecule has 1 unspecified atom stereocenters. The van der Waals surface area contributed by atoms with Gasteiger partial charge in [0.25, 0.3) is 0 Å². The largest absolute Gasteiger partial charge is 0.393 e. The fourth-order valence-electron chi connectivity index (χ4n) is 2.97. The number of rotatable bonds is 6. The zero-order valence-electron chi connectivity index (χ0n) is 12.6. The fraction of sp³-hybridized carbons (Fsp3) is 0.625. The second-order valence-corrected chi connectivity index (χ2v) is 6.77. The van der Waals surface area contributed by atoms with Gasteiger partial charge in [-0.2, -0.15) is 0 Å². The Morgan fingerprint density at radius 3 is 2.75 bits per heavy atom. The lowest BCUT2D eigenvalue weighted by Crippen LogP contribution is -2.37. The molecule has 1 atom stereocenters. The van der Waals surface area contributed by atoms with E-state index in [1.54, 1.807) is 0 Å². The maximum Gasteiger partial charge on any atom is 0.0546 e. The van der Waals surface area contributed by atoms with Gasteiger partial charge in [0.1, 0.15) is 0 Å². The lowest BCUT2D eigenvalue weighted by molar-refractivity contribution is 0.0464. The van der Waals surface area contributed by atoms with E-state index in [4.69, 9.17) is 0 Å². The summed E-state index contributed by atoms with van der Waals surface area (Å²) in [5, 5.41) is 12.9. The SMILES string of the molecule is CCNC(C)c1cc(Br)ccc1N(C)CC1CC(O)C1. The quantitative estimate of drug-likeness (QED) is 0.833. The first kappa shape index (κ1) is 15.8. The van der Waals surface area contributed by atoms with E-state index in [2.05, 4.69) is 65.2 Å². The normalized spacial score (nSPS) is 23.2. The van der Waals surface area contributed by atoms with Crippen molar-refractivity contribution in [1.82, 2.24) is 5.32 Å². The van der Waals surface area contributed by atoms with Crippen LogP contribution in [0.3, 0.4) is 0 Å². The average Bonchev–Trinajstić information content (AvgIpc) is 2.37. The van der Waals surface area contributed by atoms with Gasteiger partial charge in [-0.25, -0.2) is 0 Å². The van der Waals surface area contributed by atoms with E-state index in [0.29, 0.717) is 12.0 Å². The third-order valence-corrected chi connectivity index (χ3v) is 4.61. The van der Waals surface area contributed by atoms with Crippen molar-refractivity contribution in [3.8, 4) is 0 Å². The molecule has 0 amide bonds. The Balaban J connectivity index is 2.12. The van der Waals surface area contributed by atoms with E-state index in [-0.39, 0.29) is 6.10 Å². The van der Waals surface area contributed by atoms with E-state index in [1.807, 2.05) is 0 Å². The Hall–Kier alpha value is -0.580. The summed E-state index contributed by atoms with van der Waals surface area (Å²) in [4.78, 5) is 2.33. The van der Waals surface area contributed by atoms with Crippen molar-refractivity contribution in [3.63, 3.8) is 0 Å². The molecule has 1 aliphatic carbocycles. The van der Waals surface area contributed by atoms with Crippen molar-refractivity contribution in [3.05, 3.63) is 28.2 Å². The smallest absolute Gasteiger partial charge is 0.0546 e. The van der Waals surface area contributed by atoms with Gasteiger partial charge in [0.05, 0.1) is 6.10 Å². The third-order valence-electron chi connectivity index (χ3n) is 4.12. The fourth-order valence-corrected chi connectivity index (χ4v) is 3.35. The van der Waals surface area contributed by atoms with Crippen LogP contribution >= 0.6 is 15.9 Å². The molecule has 112 valence electrons. The minimum Gasteiger partial charge on any atom is -0.393 e. The zero-order valence-corrected chi connectivity index (χ0v) is 14.2. The summed E-state index contributed by atoms with van der Waals surface area (Å²) in [6, 6.07) is 6.82. The molecule has 2 N–H and O–H groups in total. The van der Waals surface area contributed by atoms with E-state index in [9.17, 15) is 5.11 Å². The Kier molecular flexibility index (Phi) is 5.47. The number of nitrogens with one attached hydrogen (secondary N) is 1. The van der Waals surface area contributed by atoms with Gasteiger partial charge in [0.15, 0.2) is 0 Å². The predicted octanol–water partition coefficient (Wildman–Crippen LogP) is 3.33. The van der Waals surface area contributed by atoms with Crippen LogP contribution in [0, 0.1) is 5.92 Å². The van der Waals surface area contributed by atoms with Gasteiger partial charge < -0.3 is 15.3 Å². The van der Waals surface area contributed by atoms with Crippen LogP contribution in [0.1, 0.15) is 38.3 Å². The molecule has 0 aromatic heterocycles. The van der Waals surface area contributed by atoms with Crippen molar-refractivity contribution in [1.29, 1.82) is 0 Å². The number of nitrogens with zero attached hydrogens (tertiary/aromatic N) is 1. The van der Waals surface area contributed by atoms with Crippen LogP contribution in [0.2, 0.25) is 0 Å². The van der Waals surface area contributed by atoms with Crippen molar-refractivity contribution in [2.24, 2.45) is 5.92 Å². The molecule has 4 heteroatoms. The van der Waals surface area contributed by atoms with E-state index < -0.39 is 0 Å². The van der Waals surface area contributed by atoms with Crippen LogP contribution in [0.25, 0.3) is 0 Å². The summed E-state index contributed by atoms with van der Waals surface area (Å²) in [5.41, 5.74) is 2.60. The van der Waals surface area contributed by atoms with Gasteiger partial charge in [-0.3, -0.25) is 0 Å². The maximum absolute atomic E-state index is 9.42. The molecule has 0 saturated heterocycles. The van der Waals surface area contributed by atoms with Gasteiger partial charge in [0.2, 0.25) is 0 Å². The molecule has 0 radical (unpaired) electrons. The van der Waals surface area contributed by atoms with Gasteiger partial charge in [-0.05, 0) is 56.0 Å². The summed E-state index contributed by atoms with van der Waals surface area (Å²) in [5.74, 6) is 0.626. The highest BCUT2D eigenvalue weighted by Crippen LogP contribution is 2.33. The number of aliphatic hydroxyl groups is 1. The summed E-state index contributed by atoms with van der Waals surface area (Å²) in [6.07, 6.45) is 1.82. The molecule has 0 spiro atoms. The Morgan fingerprint density at radius 1 is 1.45 bits per heavy atom. The molecule has 1 aromatic carbocycles. The first-order chi connectivity index (χ1) is 9.51. The second-order valence-electron chi connectivity index (χ2n) is 5.85. The van der Waals surface area contributed by atoms with Crippen LogP contribution in [0.5, 0.6) is 0 Å². The molecule has 1 fully saturated rings. The standard InChI is InChI=1S/C16H25BrN2O/c1-4-18-11(2)15-9-13(17)5-6-16(15)19(3)10-12-7-14(20)8-12/h5-6,9,11-12,14,18,20H,4,7-8,10H2,1-3H3. The second kappa shape index (κ2) is 6.92. The molecule has 1 aliphatic rings. The molecule has 1 aromatic rings. The van der Waals surface area contributed by atoms with Gasteiger partial charge in [0, 0.05) is 29.8 Å². The van der Waals surface area contributed by atoms with Crippen LogP contribution in [-0.2, 0) is 0 Å². The highest BCUT2D eigenvalue weighted by atomic mass is 79.9. The van der Waals surface area contributed by atoms with Crippen LogP contribution in [0.4, 0.5) is 5.69 Å². The summed E-state index contributed by atoms with van der Waals surface area (Å²) >= 11 is 3.57. The predicted molar refractivity (Wildman–Crippen MR) is 88.2 cm³/mol. The number of hydrogen-bond acceptors (Lipinski definition) is 3. The number of halogens is 1. The van der Waals surface area contributed by atoms with Crippen molar-refractivity contribution in [2.75, 3.05) is 25.0 Å². The van der Waals surface area contributed by atoms with Crippen molar-refractivity contribution in [2.45, 2.75) is 38.8 Å². The number of hydrogen-bond donors (Lipinski definition) is 2. The van der Waals surface area contributed by atoms with Crippen molar-refractivity contribution < 1.29 is 5.11 Å². The van der Waals surface area contributed by atoms with E-state index in [0.717, 1.165) is 30.4 Å². The molecule has 2 rings (SSSR count). The average molecular weight is 341 g/mol. The monoisotopic (exact) mass is 340 g/mol. The summed E-state index contributed by atoms with van der Waals surface area (Å²) < 4.78 is 1.12. The van der Waals surface area contributed by atoms with Crippen LogP contribution in [0.15, 0.2) is 22.7 Å². The molecular weight excluding hydrogens is 316 g/mol. The Labute approximate surface area is 130 Å². The molecule has 0 bridgehead atoms. The maximum atomic E-state index is 9.42. The Morgan fingerprint density at radius 2 is 2.15 bits per heavy atom. The molecule has 0 aliphatic heterocycles. The van der Waals surface area contributed by atoms with E-state index >= 15 is 0 Å². The summed E-state index contributed by atoms with van der Waals surface area (Å²) in [6.45, 7) is 6.32. The lowest BCUT2D eigenvalue weighted by atomic mass is 9.82. The number of benzene rings is 1. The minimum atomic E-state index is -0.0709. The third kappa shape index (κ3) is 3.74. The molecule has 3 nitrogen and oxygen atoms in total. The number of aliphatic hydroxyl groups excluding tert-OH is 1. The molecule has 1 saturated carbocycles. The lowest BCUT2D eigenvalue weighted by Gasteiger charge is -2.36. The summed E-state index contributed by atoms with van der Waals surface area (Å²) in [7, 11) is 2.15. The topological polar surface area (TPSA) is 35.5 Å². The molecule has 0 heterocycles. The first-order valence-corrected chi connectivity index (χ1v) is 8.22. The zero-order chi connectivity index (χ0) is 14.7. The first-order valence-electron chi connectivity index (χ1n) is 7.43. The van der Waals surface area contributed by atoms with Gasteiger partial charge in [-0.1, -0.05) is 22.9 Å². The van der Waals surface area contributed by atoms with Crippen LogP contribution < -0.4 is 10.2 Å². The van der Waals surface area contributed by atoms with Gasteiger partial charge >= 0.3 is 0 Å². The molecular formula is C16H25BrN2O. The van der Waals surface area contributed by atoms with Crippen molar-refractivity contribution >= 4 is 21.6 Å². The highest BCUT2D eigenvalue weighted by Gasteiger charge is 2.28. The van der Waals surface area contributed by atoms with E-state index in [1.165, 1.54) is 11.3 Å². The number of anilines is 1. The highest BCUT2D eigenvalue weighted by molar-refractivity contribution is 9.10. The Bertz CT molecular complexity index is 446. The van der Waals surface area contributed by atoms with Gasteiger partial charge in [-0.15, -0.1) is 0 Å².